The topological polar surface area (TPSA) is 62.2 Å². The molecule has 0 spiro atoms. The van der Waals surface area contributed by atoms with Gasteiger partial charge in [-0.15, -0.1) is 0 Å². The predicted octanol–water partition coefficient (Wildman–Crippen LogP) is 3.16. The highest BCUT2D eigenvalue weighted by Crippen LogP contribution is 2.28. The summed E-state index contributed by atoms with van der Waals surface area (Å²) in [6.45, 7) is 2.90. The first-order chi connectivity index (χ1) is 9.08. The summed E-state index contributed by atoms with van der Waals surface area (Å²) in [5.74, 6) is -0.709. The van der Waals surface area contributed by atoms with E-state index < -0.39 is 11.8 Å². The predicted molar refractivity (Wildman–Crippen MR) is 70.8 cm³/mol. The maximum atomic E-state index is 13.8. The van der Waals surface area contributed by atoms with Gasteiger partial charge in [0.15, 0.2) is 11.6 Å². The summed E-state index contributed by atoms with van der Waals surface area (Å²) in [5, 5.41) is 11.8. The Balaban J connectivity index is 1.96. The molecule has 0 aromatic carbocycles. The van der Waals surface area contributed by atoms with E-state index in [1.807, 2.05) is 0 Å². The number of anilines is 1. The van der Waals surface area contributed by atoms with Crippen molar-refractivity contribution in [1.29, 1.82) is 0 Å². The quantitative estimate of drug-likeness (QED) is 0.878. The number of carboxylic acid groups (broad SMARTS) is 1. The number of hydrogen-bond acceptors (Lipinski definition) is 3. The van der Waals surface area contributed by atoms with E-state index in [0.717, 1.165) is 18.8 Å². The summed E-state index contributed by atoms with van der Waals surface area (Å²) in [6, 6.07) is 1.17. The Morgan fingerprint density at radius 1 is 1.47 bits per heavy atom. The van der Waals surface area contributed by atoms with E-state index >= 15 is 0 Å². The fourth-order valence-electron chi connectivity index (χ4n) is 2.51. The van der Waals surface area contributed by atoms with Gasteiger partial charge in [-0.2, -0.15) is 0 Å². The first-order valence-electron chi connectivity index (χ1n) is 6.69. The average Bonchev–Trinajstić information content (AvgIpc) is 2.39. The maximum absolute atomic E-state index is 13.8. The fraction of sp³-hybridized carbons (Fsp3) is 0.571. The van der Waals surface area contributed by atoms with E-state index in [4.69, 9.17) is 5.11 Å². The van der Waals surface area contributed by atoms with Crippen LogP contribution in [0.2, 0.25) is 0 Å². The molecule has 0 atom stereocenters. The van der Waals surface area contributed by atoms with Gasteiger partial charge in [-0.3, -0.25) is 0 Å². The molecule has 1 saturated carbocycles. The number of aromatic carboxylic acids is 1. The third-order valence-corrected chi connectivity index (χ3v) is 3.81. The third kappa shape index (κ3) is 3.43. The number of pyridine rings is 1. The smallest absolute Gasteiger partial charge is 0.338 e. The van der Waals surface area contributed by atoms with Gasteiger partial charge in [0.2, 0.25) is 0 Å². The largest absolute Gasteiger partial charge is 0.478 e. The van der Waals surface area contributed by atoms with Gasteiger partial charge >= 0.3 is 5.97 Å². The summed E-state index contributed by atoms with van der Waals surface area (Å²) in [5.41, 5.74) is -0.338. The van der Waals surface area contributed by atoms with Crippen LogP contribution >= 0.6 is 0 Å². The maximum Gasteiger partial charge on any atom is 0.338 e. The molecule has 0 saturated heterocycles. The number of nitrogens with zero attached hydrogens (tertiary/aromatic N) is 1. The van der Waals surface area contributed by atoms with Gasteiger partial charge in [0.05, 0.1) is 0 Å². The van der Waals surface area contributed by atoms with Crippen LogP contribution in [0.25, 0.3) is 0 Å². The summed E-state index contributed by atoms with van der Waals surface area (Å²) >= 11 is 0. The van der Waals surface area contributed by atoms with Crippen LogP contribution in [0.1, 0.15) is 43.0 Å². The van der Waals surface area contributed by atoms with Crippen molar-refractivity contribution in [3.63, 3.8) is 0 Å². The number of aromatic nitrogens is 1. The minimum absolute atomic E-state index is 0.0403. The molecule has 1 aliphatic rings. The highest BCUT2D eigenvalue weighted by molar-refractivity contribution is 5.88. The van der Waals surface area contributed by atoms with Gasteiger partial charge in [0.25, 0.3) is 0 Å². The molecule has 5 heteroatoms. The Morgan fingerprint density at radius 3 is 2.79 bits per heavy atom. The molecule has 104 valence electrons. The summed E-state index contributed by atoms with van der Waals surface area (Å²) in [4.78, 5) is 14.7. The van der Waals surface area contributed by atoms with Crippen molar-refractivity contribution in [2.45, 2.75) is 32.6 Å². The molecule has 0 bridgehead atoms. The van der Waals surface area contributed by atoms with Crippen LogP contribution in [-0.2, 0) is 0 Å². The van der Waals surface area contributed by atoms with Crippen LogP contribution in [0.5, 0.6) is 0 Å². The SMILES string of the molecule is CC1CCC(CNc2nccc(C(=O)O)c2F)CC1. The molecule has 0 amide bonds. The van der Waals surface area contributed by atoms with Gasteiger partial charge in [0.1, 0.15) is 5.56 Å². The van der Waals surface area contributed by atoms with E-state index in [1.165, 1.54) is 25.1 Å². The lowest BCUT2D eigenvalue weighted by Gasteiger charge is -2.26. The Kier molecular flexibility index (Phi) is 4.35. The second-order valence-corrected chi connectivity index (χ2v) is 5.33. The monoisotopic (exact) mass is 266 g/mol. The van der Waals surface area contributed by atoms with E-state index in [0.29, 0.717) is 12.5 Å². The van der Waals surface area contributed by atoms with E-state index in [1.54, 1.807) is 0 Å². The van der Waals surface area contributed by atoms with E-state index in [-0.39, 0.29) is 11.4 Å². The van der Waals surface area contributed by atoms with Gasteiger partial charge in [-0.25, -0.2) is 14.2 Å². The Bertz CT molecular complexity index is 457. The van der Waals surface area contributed by atoms with Crippen LogP contribution in [0, 0.1) is 17.7 Å². The molecule has 2 rings (SSSR count). The zero-order valence-corrected chi connectivity index (χ0v) is 11.0. The van der Waals surface area contributed by atoms with Crippen molar-refractivity contribution >= 4 is 11.8 Å². The Labute approximate surface area is 112 Å². The van der Waals surface area contributed by atoms with Crippen molar-refractivity contribution in [2.24, 2.45) is 11.8 Å². The summed E-state index contributed by atoms with van der Waals surface area (Å²) in [6.07, 6.45) is 6.00. The average molecular weight is 266 g/mol. The molecule has 2 N–H and O–H groups in total. The van der Waals surface area contributed by atoms with Crippen molar-refractivity contribution in [2.75, 3.05) is 11.9 Å². The molecule has 4 nitrogen and oxygen atoms in total. The second-order valence-electron chi connectivity index (χ2n) is 5.33. The number of halogens is 1. The number of carboxylic acids is 1. The van der Waals surface area contributed by atoms with Crippen LogP contribution in [0.3, 0.4) is 0 Å². The summed E-state index contributed by atoms with van der Waals surface area (Å²) in [7, 11) is 0. The lowest BCUT2D eigenvalue weighted by molar-refractivity contribution is 0.0692. The molecule has 0 radical (unpaired) electrons. The molecule has 1 fully saturated rings. The minimum atomic E-state index is -1.27. The molecule has 1 aromatic rings. The molecule has 1 aliphatic carbocycles. The highest BCUT2D eigenvalue weighted by atomic mass is 19.1. The normalized spacial score (nSPS) is 23.1. The van der Waals surface area contributed by atoms with Crippen LogP contribution in [-0.4, -0.2) is 22.6 Å². The first-order valence-corrected chi connectivity index (χ1v) is 6.69. The molecule has 19 heavy (non-hydrogen) atoms. The number of carbonyl (C=O) groups is 1. The molecule has 1 heterocycles. The minimum Gasteiger partial charge on any atom is -0.478 e. The first kappa shape index (κ1) is 13.8. The van der Waals surface area contributed by atoms with Crippen molar-refractivity contribution < 1.29 is 14.3 Å². The zero-order valence-electron chi connectivity index (χ0n) is 11.0. The van der Waals surface area contributed by atoms with Crippen LogP contribution < -0.4 is 5.32 Å². The van der Waals surface area contributed by atoms with Crippen LogP contribution in [0.4, 0.5) is 10.2 Å². The molecule has 0 unspecified atom stereocenters. The van der Waals surface area contributed by atoms with Gasteiger partial charge in [-0.05, 0) is 30.7 Å². The standard InChI is InChI=1S/C14H19FN2O2/c1-9-2-4-10(5-3-9)8-17-13-12(15)11(14(18)19)6-7-16-13/h6-7,9-10H,2-5,8H2,1H3,(H,16,17)(H,18,19). The van der Waals surface area contributed by atoms with Crippen molar-refractivity contribution in [1.82, 2.24) is 4.98 Å². The summed E-state index contributed by atoms with van der Waals surface area (Å²) < 4.78 is 13.8. The number of hydrogen-bond donors (Lipinski definition) is 2. The Hall–Kier alpha value is -1.65. The fourth-order valence-corrected chi connectivity index (χ4v) is 2.51. The lowest BCUT2D eigenvalue weighted by atomic mass is 9.83. The van der Waals surface area contributed by atoms with E-state index in [2.05, 4.69) is 17.2 Å². The number of nitrogens with one attached hydrogen (secondary N) is 1. The van der Waals surface area contributed by atoms with Crippen molar-refractivity contribution in [3.05, 3.63) is 23.6 Å². The van der Waals surface area contributed by atoms with Crippen molar-refractivity contribution in [3.8, 4) is 0 Å². The second kappa shape index (κ2) is 5.99. The molecule has 0 aliphatic heterocycles. The van der Waals surface area contributed by atoms with Gasteiger partial charge < -0.3 is 10.4 Å². The van der Waals surface area contributed by atoms with Crippen LogP contribution in [0.15, 0.2) is 12.3 Å². The van der Waals surface area contributed by atoms with Gasteiger partial charge in [0, 0.05) is 12.7 Å². The lowest BCUT2D eigenvalue weighted by Crippen LogP contribution is -2.21. The Morgan fingerprint density at radius 2 is 2.16 bits per heavy atom. The number of rotatable bonds is 4. The third-order valence-electron chi connectivity index (χ3n) is 3.81. The molecule has 1 aromatic heterocycles. The molecular formula is C14H19FN2O2. The molecular weight excluding hydrogens is 247 g/mol. The van der Waals surface area contributed by atoms with E-state index in [9.17, 15) is 9.18 Å². The highest BCUT2D eigenvalue weighted by Gasteiger charge is 2.20. The zero-order chi connectivity index (χ0) is 13.8. The van der Waals surface area contributed by atoms with Gasteiger partial charge in [-0.1, -0.05) is 19.8 Å².